The quantitative estimate of drug-likeness (QED) is 0.869. The first-order valence-corrected chi connectivity index (χ1v) is 6.07. The molecule has 0 aliphatic carbocycles. The van der Waals surface area contributed by atoms with Crippen LogP contribution in [0.1, 0.15) is 34.3 Å². The molecule has 2 N–H and O–H groups in total. The molecule has 1 amide bonds. The van der Waals surface area contributed by atoms with Crippen molar-refractivity contribution in [3.63, 3.8) is 0 Å². The van der Waals surface area contributed by atoms with Crippen LogP contribution in [0.5, 0.6) is 0 Å². The standard InChI is InChI=1S/C14H14N2O4/c1-9-7-12(20-16-9)14(19)15-11(8-13(17)18)10-5-3-2-4-6-10/h2-7,11H,8H2,1H3,(H,15,19)(H,17,18). The number of carbonyl (C=O) groups is 2. The molecule has 0 aliphatic rings. The molecule has 2 aromatic rings. The average Bonchev–Trinajstić information content (AvgIpc) is 2.85. The molecule has 104 valence electrons. The van der Waals surface area contributed by atoms with Gasteiger partial charge in [0, 0.05) is 6.07 Å². The number of nitrogens with one attached hydrogen (secondary N) is 1. The van der Waals surface area contributed by atoms with Gasteiger partial charge in [0.15, 0.2) is 0 Å². The van der Waals surface area contributed by atoms with Crippen molar-refractivity contribution in [1.82, 2.24) is 10.5 Å². The van der Waals surface area contributed by atoms with Crippen LogP contribution >= 0.6 is 0 Å². The van der Waals surface area contributed by atoms with E-state index in [0.717, 1.165) is 5.56 Å². The molecule has 1 heterocycles. The molecule has 6 nitrogen and oxygen atoms in total. The van der Waals surface area contributed by atoms with E-state index in [-0.39, 0.29) is 12.2 Å². The Morgan fingerprint density at radius 1 is 1.35 bits per heavy atom. The maximum Gasteiger partial charge on any atom is 0.305 e. The fourth-order valence-corrected chi connectivity index (χ4v) is 1.81. The fourth-order valence-electron chi connectivity index (χ4n) is 1.81. The number of carboxylic acids is 1. The highest BCUT2D eigenvalue weighted by Crippen LogP contribution is 2.17. The van der Waals surface area contributed by atoms with Gasteiger partial charge in [-0.25, -0.2) is 0 Å². The van der Waals surface area contributed by atoms with Gasteiger partial charge in [0.2, 0.25) is 5.76 Å². The van der Waals surface area contributed by atoms with Crippen LogP contribution in [-0.4, -0.2) is 22.1 Å². The molecule has 0 saturated heterocycles. The lowest BCUT2D eigenvalue weighted by atomic mass is 10.0. The van der Waals surface area contributed by atoms with Crippen molar-refractivity contribution in [2.75, 3.05) is 0 Å². The molecule has 6 heteroatoms. The topological polar surface area (TPSA) is 92.4 Å². The van der Waals surface area contributed by atoms with Crippen molar-refractivity contribution < 1.29 is 19.2 Å². The van der Waals surface area contributed by atoms with E-state index in [4.69, 9.17) is 9.63 Å². The lowest BCUT2D eigenvalue weighted by Gasteiger charge is -2.16. The van der Waals surface area contributed by atoms with Gasteiger partial charge < -0.3 is 14.9 Å². The molecule has 1 aromatic heterocycles. The van der Waals surface area contributed by atoms with E-state index < -0.39 is 17.9 Å². The van der Waals surface area contributed by atoms with Crippen LogP contribution < -0.4 is 5.32 Å². The van der Waals surface area contributed by atoms with Crippen LogP contribution in [0.15, 0.2) is 40.9 Å². The van der Waals surface area contributed by atoms with Gasteiger partial charge in [-0.3, -0.25) is 9.59 Å². The molecular formula is C14H14N2O4. The van der Waals surface area contributed by atoms with Crippen LogP contribution in [0.25, 0.3) is 0 Å². The molecular weight excluding hydrogens is 260 g/mol. The summed E-state index contributed by atoms with van der Waals surface area (Å²) in [5.74, 6) is -1.41. The zero-order chi connectivity index (χ0) is 14.5. The van der Waals surface area contributed by atoms with Gasteiger partial charge in [-0.2, -0.15) is 0 Å². The zero-order valence-corrected chi connectivity index (χ0v) is 10.9. The largest absolute Gasteiger partial charge is 0.481 e. The Labute approximate surface area is 115 Å². The van der Waals surface area contributed by atoms with Crippen LogP contribution in [0, 0.1) is 6.92 Å². The first kappa shape index (κ1) is 13.8. The summed E-state index contributed by atoms with van der Waals surface area (Å²) in [5, 5.41) is 15.2. The molecule has 1 aromatic carbocycles. The number of carbonyl (C=O) groups excluding carboxylic acids is 1. The monoisotopic (exact) mass is 274 g/mol. The molecule has 0 aliphatic heterocycles. The van der Waals surface area contributed by atoms with Crippen LogP contribution in [-0.2, 0) is 4.79 Å². The summed E-state index contributed by atoms with van der Waals surface area (Å²) >= 11 is 0. The van der Waals surface area contributed by atoms with E-state index in [1.165, 1.54) is 6.07 Å². The third-order valence-electron chi connectivity index (χ3n) is 2.74. The summed E-state index contributed by atoms with van der Waals surface area (Å²) in [6, 6.07) is 9.80. The number of hydrogen-bond donors (Lipinski definition) is 2. The van der Waals surface area contributed by atoms with Gasteiger partial charge in [-0.15, -0.1) is 0 Å². The summed E-state index contributed by atoms with van der Waals surface area (Å²) in [6.45, 7) is 1.70. The highest BCUT2D eigenvalue weighted by molar-refractivity contribution is 5.92. The Kier molecular flexibility index (Phi) is 4.14. The van der Waals surface area contributed by atoms with E-state index in [1.807, 2.05) is 6.07 Å². The van der Waals surface area contributed by atoms with Crippen molar-refractivity contribution in [2.45, 2.75) is 19.4 Å². The molecule has 1 atom stereocenters. The maximum absolute atomic E-state index is 12.0. The summed E-state index contributed by atoms with van der Waals surface area (Å²) < 4.78 is 4.86. The van der Waals surface area contributed by atoms with E-state index in [9.17, 15) is 9.59 Å². The number of amides is 1. The minimum Gasteiger partial charge on any atom is -0.481 e. The molecule has 0 bridgehead atoms. The average molecular weight is 274 g/mol. The first-order chi connectivity index (χ1) is 9.56. The maximum atomic E-state index is 12.0. The van der Waals surface area contributed by atoms with E-state index in [0.29, 0.717) is 5.69 Å². The highest BCUT2D eigenvalue weighted by Gasteiger charge is 2.20. The third kappa shape index (κ3) is 3.44. The number of benzene rings is 1. The Balaban J connectivity index is 2.16. The predicted octanol–water partition coefficient (Wildman–Crippen LogP) is 1.93. The number of nitrogens with zero attached hydrogens (tertiary/aromatic N) is 1. The Morgan fingerprint density at radius 3 is 2.60 bits per heavy atom. The van der Waals surface area contributed by atoms with Crippen LogP contribution in [0.2, 0.25) is 0 Å². The summed E-state index contributed by atoms with van der Waals surface area (Å²) in [7, 11) is 0. The third-order valence-corrected chi connectivity index (χ3v) is 2.74. The summed E-state index contributed by atoms with van der Waals surface area (Å²) in [6.07, 6.45) is -0.205. The van der Waals surface area contributed by atoms with E-state index in [2.05, 4.69) is 10.5 Å². The Hall–Kier alpha value is -2.63. The van der Waals surface area contributed by atoms with Crippen molar-refractivity contribution in [2.24, 2.45) is 0 Å². The second-order valence-electron chi connectivity index (χ2n) is 4.37. The molecule has 2 rings (SSSR count). The van der Waals surface area contributed by atoms with Crippen LogP contribution in [0.3, 0.4) is 0 Å². The number of carboxylic acid groups (broad SMARTS) is 1. The zero-order valence-electron chi connectivity index (χ0n) is 10.9. The lowest BCUT2D eigenvalue weighted by molar-refractivity contribution is -0.137. The minimum absolute atomic E-state index is 0.0637. The molecule has 20 heavy (non-hydrogen) atoms. The second kappa shape index (κ2) is 6.01. The number of aryl methyl sites for hydroxylation is 1. The van der Waals surface area contributed by atoms with Crippen molar-refractivity contribution in [1.29, 1.82) is 0 Å². The smallest absolute Gasteiger partial charge is 0.305 e. The van der Waals surface area contributed by atoms with Crippen molar-refractivity contribution in [3.05, 3.63) is 53.4 Å². The van der Waals surface area contributed by atoms with Crippen molar-refractivity contribution in [3.8, 4) is 0 Å². The van der Waals surface area contributed by atoms with Gasteiger partial charge in [-0.1, -0.05) is 35.5 Å². The van der Waals surface area contributed by atoms with Crippen molar-refractivity contribution >= 4 is 11.9 Å². The number of hydrogen-bond acceptors (Lipinski definition) is 4. The summed E-state index contributed by atoms with van der Waals surface area (Å²) in [5.41, 5.74) is 1.31. The van der Waals surface area contributed by atoms with Gasteiger partial charge in [-0.05, 0) is 12.5 Å². The number of aromatic nitrogens is 1. The van der Waals surface area contributed by atoms with Crippen LogP contribution in [0.4, 0.5) is 0 Å². The van der Waals surface area contributed by atoms with Gasteiger partial charge in [0.1, 0.15) is 0 Å². The predicted molar refractivity (Wildman–Crippen MR) is 70.1 cm³/mol. The molecule has 0 radical (unpaired) electrons. The number of aliphatic carboxylic acids is 1. The van der Waals surface area contributed by atoms with E-state index in [1.54, 1.807) is 31.2 Å². The molecule has 0 spiro atoms. The normalized spacial score (nSPS) is 11.8. The molecule has 1 unspecified atom stereocenters. The SMILES string of the molecule is Cc1cc(C(=O)NC(CC(=O)O)c2ccccc2)on1. The van der Waals surface area contributed by atoms with Gasteiger partial charge in [0.05, 0.1) is 18.2 Å². The number of rotatable bonds is 5. The lowest BCUT2D eigenvalue weighted by Crippen LogP contribution is -2.29. The van der Waals surface area contributed by atoms with Gasteiger partial charge >= 0.3 is 5.97 Å². The second-order valence-corrected chi connectivity index (χ2v) is 4.37. The van der Waals surface area contributed by atoms with Gasteiger partial charge in [0.25, 0.3) is 5.91 Å². The Bertz CT molecular complexity index is 607. The first-order valence-electron chi connectivity index (χ1n) is 6.07. The van der Waals surface area contributed by atoms with E-state index >= 15 is 0 Å². The fraction of sp³-hybridized carbons (Fsp3) is 0.214. The Morgan fingerprint density at radius 2 is 2.05 bits per heavy atom. The summed E-state index contributed by atoms with van der Waals surface area (Å²) in [4.78, 5) is 22.9. The molecule has 0 saturated carbocycles. The molecule has 0 fully saturated rings. The highest BCUT2D eigenvalue weighted by atomic mass is 16.5. The minimum atomic E-state index is -0.993.